The summed E-state index contributed by atoms with van der Waals surface area (Å²) in [5.74, 6) is -0.763. The summed E-state index contributed by atoms with van der Waals surface area (Å²) in [6.45, 7) is 0.672. The van der Waals surface area contributed by atoms with E-state index in [1.54, 1.807) is 11.3 Å². The highest BCUT2D eigenvalue weighted by Gasteiger charge is 2.26. The van der Waals surface area contributed by atoms with Crippen molar-refractivity contribution in [2.24, 2.45) is 0 Å². The van der Waals surface area contributed by atoms with Crippen LogP contribution in [0.2, 0.25) is 0 Å². The Bertz CT molecular complexity index is 567. The van der Waals surface area contributed by atoms with Crippen molar-refractivity contribution in [3.63, 3.8) is 0 Å². The first-order valence-electron chi connectivity index (χ1n) is 5.21. The summed E-state index contributed by atoms with van der Waals surface area (Å²) in [5.41, 5.74) is 1.21. The molecule has 2 heterocycles. The van der Waals surface area contributed by atoms with Crippen LogP contribution >= 0.6 is 23.7 Å². The maximum Gasteiger partial charge on any atom is 0.321 e. The average molecular weight is 270 g/mol. The first kappa shape index (κ1) is 12.4. The van der Waals surface area contributed by atoms with E-state index in [-0.39, 0.29) is 12.4 Å². The molecule has 1 aliphatic rings. The summed E-state index contributed by atoms with van der Waals surface area (Å²) in [5, 5.41) is 13.3. The molecule has 1 atom stereocenters. The molecule has 1 aliphatic heterocycles. The van der Waals surface area contributed by atoms with Crippen molar-refractivity contribution in [2.75, 3.05) is 0 Å². The molecule has 5 heteroatoms. The van der Waals surface area contributed by atoms with Crippen molar-refractivity contribution in [3.8, 4) is 0 Å². The monoisotopic (exact) mass is 269 g/mol. The summed E-state index contributed by atoms with van der Waals surface area (Å²) in [7, 11) is 0. The van der Waals surface area contributed by atoms with E-state index in [9.17, 15) is 4.79 Å². The van der Waals surface area contributed by atoms with Gasteiger partial charge >= 0.3 is 5.97 Å². The Morgan fingerprint density at radius 2 is 2.18 bits per heavy atom. The van der Waals surface area contributed by atoms with Crippen LogP contribution in [0, 0.1) is 0 Å². The Balaban J connectivity index is 0.00000108. The molecule has 3 rings (SSSR count). The van der Waals surface area contributed by atoms with Gasteiger partial charge in [0.15, 0.2) is 0 Å². The number of carbonyl (C=O) groups is 1. The third-order valence-electron chi connectivity index (χ3n) is 3.00. The topological polar surface area (TPSA) is 49.3 Å². The Morgan fingerprint density at radius 3 is 2.94 bits per heavy atom. The van der Waals surface area contributed by atoms with Crippen LogP contribution < -0.4 is 5.32 Å². The van der Waals surface area contributed by atoms with Crippen molar-refractivity contribution in [1.29, 1.82) is 0 Å². The lowest BCUT2D eigenvalue weighted by Gasteiger charge is -2.20. The zero-order chi connectivity index (χ0) is 11.1. The van der Waals surface area contributed by atoms with E-state index in [2.05, 4.69) is 17.4 Å². The number of fused-ring (bicyclic) bond motifs is 3. The number of carboxylic acids is 1. The maximum absolute atomic E-state index is 11.0. The fraction of sp³-hybridized carbons (Fsp3) is 0.250. The highest BCUT2D eigenvalue weighted by Crippen LogP contribution is 2.34. The number of hydrogen-bond donors (Lipinski definition) is 2. The number of halogens is 1. The minimum atomic E-state index is -0.763. The highest BCUT2D eigenvalue weighted by atomic mass is 35.5. The normalized spacial score (nSPS) is 18.5. The van der Waals surface area contributed by atoms with Gasteiger partial charge in [0.2, 0.25) is 0 Å². The molecule has 2 N–H and O–H groups in total. The van der Waals surface area contributed by atoms with E-state index in [0.29, 0.717) is 13.0 Å². The molecule has 0 spiro atoms. The summed E-state index contributed by atoms with van der Waals surface area (Å²) in [4.78, 5) is 12.2. The maximum atomic E-state index is 11.0. The van der Waals surface area contributed by atoms with Crippen LogP contribution in [0.15, 0.2) is 24.3 Å². The number of hydrogen-bond acceptors (Lipinski definition) is 3. The molecule has 0 saturated heterocycles. The van der Waals surface area contributed by atoms with Crippen molar-refractivity contribution in [3.05, 3.63) is 34.7 Å². The lowest BCUT2D eigenvalue weighted by Crippen LogP contribution is -2.41. The van der Waals surface area contributed by atoms with Gasteiger partial charge in [0.05, 0.1) is 0 Å². The molecule has 1 aromatic heterocycles. The standard InChI is InChI=1S/C12H11NO2S.ClH/c14-12(15)9-5-8-7-3-1-2-4-10(7)16-11(8)6-13-9;/h1-4,9,13H,5-6H2,(H,14,15);1H/t9-;/m1./s1. The lowest BCUT2D eigenvalue weighted by molar-refractivity contribution is -0.139. The van der Waals surface area contributed by atoms with Crippen LogP contribution in [0.1, 0.15) is 10.4 Å². The number of aliphatic carboxylic acids is 1. The second kappa shape index (κ2) is 4.64. The van der Waals surface area contributed by atoms with Crippen molar-refractivity contribution in [1.82, 2.24) is 5.32 Å². The van der Waals surface area contributed by atoms with Crippen molar-refractivity contribution < 1.29 is 9.90 Å². The third kappa shape index (κ3) is 2.04. The molecule has 0 amide bonds. The molecule has 3 nitrogen and oxygen atoms in total. The summed E-state index contributed by atoms with van der Waals surface area (Å²) in [6.07, 6.45) is 0.592. The summed E-state index contributed by atoms with van der Waals surface area (Å²) in [6, 6.07) is 7.76. The molecule has 90 valence electrons. The highest BCUT2D eigenvalue weighted by molar-refractivity contribution is 7.19. The second-order valence-electron chi connectivity index (χ2n) is 3.98. The van der Waals surface area contributed by atoms with Crippen LogP contribution in [0.4, 0.5) is 0 Å². The van der Waals surface area contributed by atoms with Crippen LogP contribution in [-0.4, -0.2) is 17.1 Å². The molecule has 0 fully saturated rings. The van der Waals surface area contributed by atoms with Gasteiger partial charge in [-0.2, -0.15) is 0 Å². The van der Waals surface area contributed by atoms with E-state index in [0.717, 1.165) is 0 Å². The van der Waals surface area contributed by atoms with Gasteiger partial charge in [-0.3, -0.25) is 10.1 Å². The molecule has 1 aromatic carbocycles. The molecule has 17 heavy (non-hydrogen) atoms. The quantitative estimate of drug-likeness (QED) is 0.836. The molecule has 0 unspecified atom stereocenters. The zero-order valence-corrected chi connectivity index (χ0v) is 10.6. The summed E-state index contributed by atoms with van der Waals surface area (Å²) >= 11 is 1.76. The average Bonchev–Trinajstić information content (AvgIpc) is 2.66. The van der Waals surface area contributed by atoms with Gasteiger partial charge in [0.25, 0.3) is 0 Å². The van der Waals surface area contributed by atoms with E-state index in [1.807, 2.05) is 12.1 Å². The van der Waals surface area contributed by atoms with Crippen molar-refractivity contribution in [2.45, 2.75) is 19.0 Å². The van der Waals surface area contributed by atoms with Crippen LogP contribution in [-0.2, 0) is 17.8 Å². The van der Waals surface area contributed by atoms with Gasteiger partial charge < -0.3 is 5.11 Å². The van der Waals surface area contributed by atoms with E-state index >= 15 is 0 Å². The summed E-state index contributed by atoms with van der Waals surface area (Å²) < 4.78 is 1.25. The van der Waals surface area contributed by atoms with Crippen LogP contribution in [0.25, 0.3) is 10.1 Å². The van der Waals surface area contributed by atoms with E-state index in [1.165, 1.54) is 20.5 Å². The molecular weight excluding hydrogens is 258 g/mol. The Morgan fingerprint density at radius 1 is 1.41 bits per heavy atom. The van der Waals surface area contributed by atoms with Gasteiger partial charge in [-0.05, 0) is 17.0 Å². The molecule has 0 bridgehead atoms. The van der Waals surface area contributed by atoms with E-state index < -0.39 is 12.0 Å². The van der Waals surface area contributed by atoms with Crippen LogP contribution in [0.3, 0.4) is 0 Å². The minimum Gasteiger partial charge on any atom is -0.480 e. The van der Waals surface area contributed by atoms with Crippen molar-refractivity contribution >= 4 is 39.8 Å². The second-order valence-corrected chi connectivity index (χ2v) is 5.11. The smallest absolute Gasteiger partial charge is 0.321 e. The molecule has 0 radical (unpaired) electrons. The minimum absolute atomic E-state index is 0. The number of carboxylic acid groups (broad SMARTS) is 1. The van der Waals surface area contributed by atoms with Gasteiger partial charge in [-0.25, -0.2) is 0 Å². The Kier molecular flexibility index (Phi) is 3.38. The number of rotatable bonds is 1. The predicted octanol–water partition coefficient (Wildman–Crippen LogP) is 2.42. The van der Waals surface area contributed by atoms with Crippen LogP contribution in [0.5, 0.6) is 0 Å². The third-order valence-corrected chi connectivity index (χ3v) is 4.21. The van der Waals surface area contributed by atoms with E-state index in [4.69, 9.17) is 5.11 Å². The zero-order valence-electron chi connectivity index (χ0n) is 8.97. The van der Waals surface area contributed by atoms with Gasteiger partial charge in [-0.15, -0.1) is 23.7 Å². The number of nitrogens with one attached hydrogen (secondary N) is 1. The Labute approximate surface area is 109 Å². The lowest BCUT2D eigenvalue weighted by atomic mass is 9.99. The van der Waals surface area contributed by atoms with Gasteiger partial charge in [0.1, 0.15) is 6.04 Å². The fourth-order valence-corrected chi connectivity index (χ4v) is 3.37. The molecule has 0 saturated carbocycles. The largest absolute Gasteiger partial charge is 0.480 e. The van der Waals surface area contributed by atoms with Gasteiger partial charge in [-0.1, -0.05) is 18.2 Å². The Hall–Kier alpha value is -1.10. The molecule has 2 aromatic rings. The number of benzene rings is 1. The molecule has 0 aliphatic carbocycles. The van der Waals surface area contributed by atoms with Gasteiger partial charge in [0, 0.05) is 22.5 Å². The fourth-order valence-electron chi connectivity index (χ4n) is 2.18. The molecular formula is C12H12ClNO2S. The first-order chi connectivity index (χ1) is 7.75. The predicted molar refractivity (Wildman–Crippen MR) is 71.0 cm³/mol. The SMILES string of the molecule is Cl.O=C(O)[C@H]1Cc2c(sc3ccccc23)CN1. The first-order valence-corrected chi connectivity index (χ1v) is 6.03. The number of thiophene rings is 1.